The van der Waals surface area contributed by atoms with E-state index in [-0.39, 0.29) is 54.1 Å². The third-order valence-electron chi connectivity index (χ3n) is 27.5. The van der Waals surface area contributed by atoms with E-state index >= 15 is 0 Å². The molecule has 0 bridgehead atoms. The Balaban J connectivity index is 0.000000285. The van der Waals surface area contributed by atoms with Crippen LogP contribution in [0, 0.1) is 96.9 Å². The van der Waals surface area contributed by atoms with Gasteiger partial charge in [0.15, 0.2) is 0 Å². The highest BCUT2D eigenvalue weighted by Gasteiger charge is 2.29. The van der Waals surface area contributed by atoms with Crippen LogP contribution in [0.3, 0.4) is 0 Å². The lowest BCUT2D eigenvalue weighted by atomic mass is 9.76. The van der Waals surface area contributed by atoms with Gasteiger partial charge in [-0.25, -0.2) is 0 Å². The van der Waals surface area contributed by atoms with Crippen LogP contribution in [0.15, 0.2) is 206 Å². The molecule has 2 aromatic heterocycles. The molecule has 0 saturated heterocycles. The Morgan fingerprint density at radius 1 is 0.207 bits per heavy atom. The van der Waals surface area contributed by atoms with Crippen LogP contribution in [-0.4, -0.2) is 56.5 Å². The topological polar surface area (TPSA) is 28.2 Å². The first-order valence-corrected chi connectivity index (χ1v) is 54.6. The number of fused-ring (bicyclic) bond motifs is 4. The Bertz CT molecular complexity index is 6510. The van der Waals surface area contributed by atoms with Gasteiger partial charge >= 0.3 is 0 Å². The minimum absolute atomic E-state index is 0.140. The number of aryl methyl sites for hydroxylation is 11. The molecule has 2 heterocycles. The minimum Gasteiger partial charge on any atom is -0.496 e. The Labute approximate surface area is 896 Å². The van der Waals surface area contributed by atoms with Crippen LogP contribution in [0.5, 0.6) is 11.5 Å². The number of rotatable bonds is 5. The lowest BCUT2D eigenvalue weighted by Crippen LogP contribution is -2.18. The number of methoxy groups -OCH3 is 2. The third kappa shape index (κ3) is 35.1. The largest absolute Gasteiger partial charge is 0.496 e. The molecule has 14 aromatic rings. The summed E-state index contributed by atoms with van der Waals surface area (Å²) < 4.78 is 12.3. The van der Waals surface area contributed by atoms with E-state index in [4.69, 9.17) is 9.47 Å². The van der Waals surface area contributed by atoms with Crippen molar-refractivity contribution in [1.82, 2.24) is 0 Å². The van der Waals surface area contributed by atoms with Gasteiger partial charge < -0.3 is 24.2 Å². The monoisotopic (exact) mass is 1990 g/mol. The second-order valence-corrected chi connectivity index (χ2v) is 54.6. The Morgan fingerprint density at radius 2 is 0.531 bits per heavy atom. The summed E-state index contributed by atoms with van der Waals surface area (Å²) in [7, 11) is 16.0. The molecule has 14 rings (SSSR count). The number of anilines is 3. The molecule has 0 atom stereocenters. The fourth-order valence-electron chi connectivity index (χ4n) is 19.6. The van der Waals surface area contributed by atoms with E-state index in [9.17, 15) is 0 Å². The molecule has 145 heavy (non-hydrogen) atoms. The van der Waals surface area contributed by atoms with E-state index in [0.717, 1.165) is 11.5 Å². The van der Waals surface area contributed by atoms with Crippen molar-refractivity contribution in [1.29, 1.82) is 0 Å². The van der Waals surface area contributed by atoms with Gasteiger partial charge in [-0.15, -0.1) is 22.7 Å². The molecule has 0 fully saturated rings. The lowest BCUT2D eigenvalue weighted by molar-refractivity contribution is 0.408. The van der Waals surface area contributed by atoms with Gasteiger partial charge in [0.2, 0.25) is 0 Å². The molecule has 0 spiro atoms. The normalized spacial score (nSPS) is 12.0. The average Bonchev–Trinajstić information content (AvgIpc) is 1.34. The fraction of sp³-hybridized carbons (Fsp3) is 0.478. The van der Waals surface area contributed by atoms with E-state index in [0.29, 0.717) is 5.41 Å². The van der Waals surface area contributed by atoms with Gasteiger partial charge in [-0.05, 0) is 360 Å². The van der Waals surface area contributed by atoms with Crippen LogP contribution in [0.4, 0.5) is 17.1 Å². The highest BCUT2D eigenvalue weighted by atomic mass is 32.1. The van der Waals surface area contributed by atoms with Crippen LogP contribution in [0.2, 0.25) is 0 Å². The maximum Gasteiger partial charge on any atom is 0.126 e. The lowest BCUT2D eigenvalue weighted by Gasteiger charge is -2.29. The molecule has 0 N–H and O–H groups in total. The van der Waals surface area contributed by atoms with Gasteiger partial charge in [0, 0.05) is 84.6 Å². The Kier molecular flexibility index (Phi) is 43.6. The molecular formula is C138H199N3O2S2. The second-order valence-electron chi connectivity index (χ2n) is 52.6. The zero-order valence-electron chi connectivity index (χ0n) is 102. The molecule has 12 aromatic carbocycles. The van der Waals surface area contributed by atoms with Gasteiger partial charge in [0.05, 0.1) is 14.2 Å². The van der Waals surface area contributed by atoms with Crippen molar-refractivity contribution in [2.24, 2.45) is 0 Å². The molecule has 0 aliphatic carbocycles. The Morgan fingerprint density at radius 3 is 0.883 bits per heavy atom. The average molecular weight is 2000 g/mol. The summed E-state index contributed by atoms with van der Waals surface area (Å²) in [5.41, 5.74) is 38.6. The predicted octanol–water partition coefficient (Wildman–Crippen LogP) is 40.4. The summed E-state index contributed by atoms with van der Waals surface area (Å²) in [4.78, 5) is 9.54. The van der Waals surface area contributed by atoms with Gasteiger partial charge in [-0.1, -0.05) is 386 Å². The standard InChI is InChI=1S/C19H26.C17H23N.C16H20O.2C13H21N.C13H20O.C13H16S.C13H20.C11H16.C10H16S/c1-13-14-10-8-9-11-15(14)17(19(5,6)7)12-16(13)18(2,3)4;1-12-13-9-7-8-10-14(13)16(18(5)6)11-15(12)17(2,3)4;1-11-12-8-6-7-9-13(12)15(17-5)10-14(11)16(2,3)4;2*1-10-7-8-11(14(5)6)9-12(10)13(2,3)4;1-9-7-11(13(3,4)5)10(2)12(8-9)14-6;1-9-10-7-5-6-8-11(10)14-12(9)13(2,3)4;1-9-7-10(2)11(3)12(8-9)13(4,5)6;1-9-7-5-6-8-10(9)11(2,3)4;1-7-6-11-9(8(7)2)10(3,4)5/h8-12H,1-7H3;7-11H,1-6H3;6-10H,1-5H3;2*7-9H,1-6H3;7-8H,1-6H3;5-8H,1-4H3;7-8H,1-6H3;5-8H,1-4H3;6H,1-5H3. The minimum atomic E-state index is 0.140. The number of nitrogens with zero attached hydrogens (tertiary/aromatic N) is 3. The van der Waals surface area contributed by atoms with Crippen molar-refractivity contribution in [2.45, 2.75) is 385 Å². The molecule has 7 heteroatoms. The first-order chi connectivity index (χ1) is 66.2. The summed E-state index contributed by atoms with van der Waals surface area (Å²) >= 11 is 3.81. The Hall–Kier alpha value is -9.92. The second kappa shape index (κ2) is 50.4. The molecule has 0 aliphatic heterocycles. The molecule has 0 amide bonds. The summed E-state index contributed by atoms with van der Waals surface area (Å²) in [6.07, 6.45) is 0. The molecule has 0 saturated carbocycles. The molecule has 0 radical (unpaired) electrons. The van der Waals surface area contributed by atoms with E-state index in [1.165, 1.54) is 197 Å². The number of hydrogen-bond acceptors (Lipinski definition) is 7. The van der Waals surface area contributed by atoms with Gasteiger partial charge in [0.1, 0.15) is 11.5 Å². The van der Waals surface area contributed by atoms with Crippen molar-refractivity contribution in [2.75, 3.05) is 71.2 Å². The van der Waals surface area contributed by atoms with Gasteiger partial charge in [-0.2, -0.15) is 0 Å². The summed E-state index contributed by atoms with van der Waals surface area (Å²) in [5.74, 6) is 1.96. The molecule has 5 nitrogen and oxygen atoms in total. The van der Waals surface area contributed by atoms with Crippen LogP contribution in [0.1, 0.15) is 366 Å². The van der Waals surface area contributed by atoms with Crippen molar-refractivity contribution in [3.8, 4) is 11.5 Å². The number of ether oxygens (including phenoxy) is 2. The highest BCUT2D eigenvalue weighted by Crippen LogP contribution is 2.45. The fourth-order valence-corrected chi connectivity index (χ4v) is 22.0. The van der Waals surface area contributed by atoms with Gasteiger partial charge in [-0.3, -0.25) is 0 Å². The number of benzene rings is 12. The maximum absolute atomic E-state index is 5.52. The first-order valence-electron chi connectivity index (χ1n) is 52.9. The van der Waals surface area contributed by atoms with Crippen LogP contribution in [0.25, 0.3) is 42.4 Å². The smallest absolute Gasteiger partial charge is 0.126 e. The van der Waals surface area contributed by atoms with Gasteiger partial charge in [0.25, 0.3) is 0 Å². The number of hydrogen-bond donors (Lipinski definition) is 0. The van der Waals surface area contributed by atoms with E-state index in [2.05, 4.69) is 588 Å². The SMILES string of the molecule is COc1cc(C(C)(C)C)c(C)c2ccccc12.COc1cc(C)cc(C(C)(C)C)c1C.Cc1c(C(C)(C)C)cc(C(C)(C)C)c2ccccc12.Cc1c(C(C)(C)C)cc(N(C)C)c2ccccc12.Cc1c(C(C)(C)C)sc2ccccc12.Cc1cc(C)c(C)c(C(C)(C)C)c1.Cc1ccc(N(C)C)cc1C(C)(C)C.Cc1ccc(N(C)C)cc1C(C)(C)C.Cc1ccccc1C(C)(C)C.Cc1csc(C(C)(C)C)c1C. The number of thiophene rings is 2. The quantitative estimate of drug-likeness (QED) is 0.171. The maximum atomic E-state index is 5.52. The molecule has 790 valence electrons. The summed E-state index contributed by atoms with van der Waals surface area (Å²) in [6, 6.07) is 72.3. The van der Waals surface area contributed by atoms with E-state index in [1.54, 1.807) is 14.2 Å². The van der Waals surface area contributed by atoms with Crippen molar-refractivity contribution in [3.63, 3.8) is 0 Å². The van der Waals surface area contributed by atoms with E-state index in [1.807, 2.05) is 22.7 Å². The summed E-state index contributed by atoms with van der Waals surface area (Å²) in [5, 5.41) is 11.7. The predicted molar refractivity (Wildman–Crippen MR) is 658 cm³/mol. The van der Waals surface area contributed by atoms with Crippen LogP contribution >= 0.6 is 22.7 Å². The molecule has 0 unspecified atom stereocenters. The van der Waals surface area contributed by atoms with Crippen molar-refractivity contribution < 1.29 is 9.47 Å². The van der Waals surface area contributed by atoms with Crippen molar-refractivity contribution in [3.05, 3.63) is 343 Å². The highest BCUT2D eigenvalue weighted by molar-refractivity contribution is 7.19. The molecule has 0 aliphatic rings. The zero-order chi connectivity index (χ0) is 111. The zero-order valence-corrected chi connectivity index (χ0v) is 104. The van der Waals surface area contributed by atoms with Crippen LogP contribution < -0.4 is 24.2 Å². The molecular weight excluding hydrogens is 1800 g/mol. The summed E-state index contributed by atoms with van der Waals surface area (Å²) in [6.45, 7) is 105. The third-order valence-corrected chi connectivity index (χ3v) is 30.8. The van der Waals surface area contributed by atoms with E-state index < -0.39 is 0 Å². The van der Waals surface area contributed by atoms with Crippen LogP contribution in [-0.2, 0) is 59.6 Å². The van der Waals surface area contributed by atoms with Crippen molar-refractivity contribution >= 4 is 82.1 Å². The first kappa shape index (κ1) is 126.